The molecule has 3 aromatic carbocycles. The minimum atomic E-state index is 0.169. The van der Waals surface area contributed by atoms with Crippen molar-refractivity contribution in [3.05, 3.63) is 102 Å². The SMILES string of the molecule is CCCCCCCC(=O)/C=C/c1ccc(OCc2ccccc2)c(OCc2ccccc2)c1. The lowest BCUT2D eigenvalue weighted by Gasteiger charge is -2.14. The molecule has 0 aromatic heterocycles. The van der Waals surface area contributed by atoms with Gasteiger partial charge in [0.1, 0.15) is 13.2 Å². The molecule has 0 atom stereocenters. The zero-order chi connectivity index (χ0) is 23.1. The summed E-state index contributed by atoms with van der Waals surface area (Å²) >= 11 is 0. The number of ether oxygens (including phenoxy) is 2. The second-order valence-corrected chi connectivity index (χ2v) is 8.22. The van der Waals surface area contributed by atoms with Gasteiger partial charge in [-0.2, -0.15) is 0 Å². The zero-order valence-corrected chi connectivity index (χ0v) is 19.5. The average Bonchev–Trinajstić information content (AvgIpc) is 2.86. The minimum absolute atomic E-state index is 0.169. The highest BCUT2D eigenvalue weighted by atomic mass is 16.5. The Morgan fingerprint density at radius 3 is 1.97 bits per heavy atom. The molecule has 0 aliphatic heterocycles. The zero-order valence-electron chi connectivity index (χ0n) is 19.5. The van der Waals surface area contributed by atoms with Crippen LogP contribution in [0.1, 0.15) is 62.1 Å². The van der Waals surface area contributed by atoms with Crippen molar-refractivity contribution in [2.75, 3.05) is 0 Å². The lowest BCUT2D eigenvalue weighted by atomic mass is 10.1. The van der Waals surface area contributed by atoms with Crippen LogP contribution in [0.2, 0.25) is 0 Å². The van der Waals surface area contributed by atoms with E-state index in [9.17, 15) is 4.79 Å². The molecule has 0 aliphatic rings. The maximum Gasteiger partial charge on any atom is 0.162 e. The van der Waals surface area contributed by atoms with E-state index in [1.165, 1.54) is 19.3 Å². The van der Waals surface area contributed by atoms with E-state index in [-0.39, 0.29) is 5.78 Å². The van der Waals surface area contributed by atoms with Gasteiger partial charge in [-0.25, -0.2) is 0 Å². The minimum Gasteiger partial charge on any atom is -0.485 e. The highest BCUT2D eigenvalue weighted by Crippen LogP contribution is 2.30. The fourth-order valence-corrected chi connectivity index (χ4v) is 3.51. The van der Waals surface area contributed by atoms with Gasteiger partial charge in [0.2, 0.25) is 0 Å². The Hall–Kier alpha value is -3.33. The van der Waals surface area contributed by atoms with Crippen molar-refractivity contribution < 1.29 is 14.3 Å². The van der Waals surface area contributed by atoms with Crippen LogP contribution >= 0.6 is 0 Å². The summed E-state index contributed by atoms with van der Waals surface area (Å²) in [5.41, 5.74) is 3.11. The van der Waals surface area contributed by atoms with Crippen LogP contribution in [0.3, 0.4) is 0 Å². The molecular weight excluding hydrogens is 408 g/mol. The van der Waals surface area contributed by atoms with E-state index in [0.717, 1.165) is 29.5 Å². The first-order valence-corrected chi connectivity index (χ1v) is 11.9. The Labute approximate surface area is 198 Å². The first-order valence-electron chi connectivity index (χ1n) is 11.9. The van der Waals surface area contributed by atoms with E-state index in [2.05, 4.69) is 6.92 Å². The fourth-order valence-electron chi connectivity index (χ4n) is 3.51. The molecule has 0 heterocycles. The third kappa shape index (κ3) is 8.97. The van der Waals surface area contributed by atoms with Crippen LogP contribution in [0, 0.1) is 0 Å². The molecule has 0 spiro atoms. The molecule has 0 fully saturated rings. The van der Waals surface area contributed by atoms with E-state index in [4.69, 9.17) is 9.47 Å². The Morgan fingerprint density at radius 1 is 0.727 bits per heavy atom. The number of ketones is 1. The summed E-state index contributed by atoms with van der Waals surface area (Å²) in [7, 11) is 0. The molecule has 0 unspecified atom stereocenters. The van der Waals surface area contributed by atoms with E-state index in [1.807, 2.05) is 84.9 Å². The maximum atomic E-state index is 12.2. The number of rotatable bonds is 14. The molecule has 0 bridgehead atoms. The smallest absolute Gasteiger partial charge is 0.162 e. The predicted octanol–water partition coefficient (Wildman–Crippen LogP) is 7.79. The summed E-state index contributed by atoms with van der Waals surface area (Å²) in [5, 5.41) is 0. The summed E-state index contributed by atoms with van der Waals surface area (Å²) < 4.78 is 12.2. The fraction of sp³-hybridized carbons (Fsp3) is 0.300. The maximum absolute atomic E-state index is 12.2. The molecule has 3 heteroatoms. The molecule has 3 nitrogen and oxygen atoms in total. The summed E-state index contributed by atoms with van der Waals surface area (Å²) in [6, 6.07) is 25.9. The highest BCUT2D eigenvalue weighted by molar-refractivity contribution is 5.93. The molecule has 0 saturated heterocycles. The largest absolute Gasteiger partial charge is 0.485 e. The summed E-state index contributed by atoms with van der Waals surface area (Å²) in [6.07, 6.45) is 9.91. The normalized spacial score (nSPS) is 10.9. The molecular formula is C30H34O3. The van der Waals surface area contributed by atoms with Crippen LogP contribution in [-0.2, 0) is 18.0 Å². The number of carbonyl (C=O) groups is 1. The van der Waals surface area contributed by atoms with Crippen LogP contribution < -0.4 is 9.47 Å². The molecule has 0 radical (unpaired) electrons. The topological polar surface area (TPSA) is 35.5 Å². The first-order chi connectivity index (χ1) is 16.2. The summed E-state index contributed by atoms with van der Waals surface area (Å²) in [5.74, 6) is 1.53. The molecule has 0 aliphatic carbocycles. The second-order valence-electron chi connectivity index (χ2n) is 8.22. The van der Waals surface area contributed by atoms with Crippen molar-refractivity contribution in [1.82, 2.24) is 0 Å². The van der Waals surface area contributed by atoms with Gasteiger partial charge in [-0.15, -0.1) is 0 Å². The highest BCUT2D eigenvalue weighted by Gasteiger charge is 2.08. The Morgan fingerprint density at radius 2 is 1.33 bits per heavy atom. The number of hydrogen-bond acceptors (Lipinski definition) is 3. The third-order valence-corrected chi connectivity index (χ3v) is 5.43. The van der Waals surface area contributed by atoms with Gasteiger partial charge in [0.15, 0.2) is 17.3 Å². The van der Waals surface area contributed by atoms with Crippen LogP contribution in [0.4, 0.5) is 0 Å². The van der Waals surface area contributed by atoms with Crippen molar-refractivity contribution in [3.8, 4) is 11.5 Å². The monoisotopic (exact) mass is 442 g/mol. The first kappa shape index (κ1) is 24.3. The van der Waals surface area contributed by atoms with E-state index >= 15 is 0 Å². The summed E-state index contributed by atoms with van der Waals surface area (Å²) in [4.78, 5) is 12.2. The number of allylic oxidation sites excluding steroid dienone is 1. The molecule has 0 saturated carbocycles. The van der Waals surface area contributed by atoms with Crippen LogP contribution in [0.25, 0.3) is 6.08 Å². The molecule has 3 aromatic rings. The van der Waals surface area contributed by atoms with Gasteiger partial charge in [0.05, 0.1) is 0 Å². The van der Waals surface area contributed by atoms with Crippen LogP contribution in [-0.4, -0.2) is 5.78 Å². The number of hydrogen-bond donors (Lipinski definition) is 0. The van der Waals surface area contributed by atoms with Gasteiger partial charge < -0.3 is 9.47 Å². The van der Waals surface area contributed by atoms with E-state index in [1.54, 1.807) is 6.08 Å². The lowest BCUT2D eigenvalue weighted by Crippen LogP contribution is -2.01. The molecule has 33 heavy (non-hydrogen) atoms. The molecule has 172 valence electrons. The number of benzene rings is 3. The second kappa shape index (κ2) is 13.9. The summed E-state index contributed by atoms with van der Waals surface area (Å²) in [6.45, 7) is 3.12. The molecule has 0 N–H and O–H groups in total. The predicted molar refractivity (Wildman–Crippen MR) is 135 cm³/mol. The van der Waals surface area contributed by atoms with E-state index < -0.39 is 0 Å². The number of carbonyl (C=O) groups excluding carboxylic acids is 1. The average molecular weight is 443 g/mol. The Bertz CT molecular complexity index is 994. The van der Waals surface area contributed by atoms with Gasteiger partial charge in [-0.3, -0.25) is 4.79 Å². The van der Waals surface area contributed by atoms with Crippen LogP contribution in [0.15, 0.2) is 84.9 Å². The van der Waals surface area contributed by atoms with Gasteiger partial charge in [0, 0.05) is 6.42 Å². The van der Waals surface area contributed by atoms with Crippen molar-refractivity contribution in [2.24, 2.45) is 0 Å². The molecule has 0 amide bonds. The van der Waals surface area contributed by atoms with Gasteiger partial charge in [0.25, 0.3) is 0 Å². The van der Waals surface area contributed by atoms with Gasteiger partial charge in [-0.1, -0.05) is 105 Å². The number of unbranched alkanes of at least 4 members (excludes halogenated alkanes) is 4. The van der Waals surface area contributed by atoms with E-state index in [0.29, 0.717) is 31.1 Å². The standard InChI is InChI=1S/C30H34O3/c1-2-3-4-5-12-17-28(31)20-18-25-19-21-29(32-23-26-13-8-6-9-14-26)30(22-25)33-24-27-15-10-7-11-16-27/h6-11,13-16,18-22H,2-5,12,17,23-24H2,1H3/b20-18+. The van der Waals surface area contributed by atoms with Crippen molar-refractivity contribution >= 4 is 11.9 Å². The Kier molecular flexibility index (Phi) is 10.3. The van der Waals surface area contributed by atoms with Crippen molar-refractivity contribution in [1.29, 1.82) is 0 Å². The quantitative estimate of drug-likeness (QED) is 0.189. The van der Waals surface area contributed by atoms with Crippen LogP contribution in [0.5, 0.6) is 11.5 Å². The third-order valence-electron chi connectivity index (χ3n) is 5.43. The Balaban J connectivity index is 1.65. The van der Waals surface area contributed by atoms with Gasteiger partial charge >= 0.3 is 0 Å². The lowest BCUT2D eigenvalue weighted by molar-refractivity contribution is -0.114. The molecule has 3 rings (SSSR count). The van der Waals surface area contributed by atoms with Crippen molar-refractivity contribution in [2.45, 2.75) is 58.7 Å². The van der Waals surface area contributed by atoms with Crippen molar-refractivity contribution in [3.63, 3.8) is 0 Å². The van der Waals surface area contributed by atoms with Gasteiger partial charge in [-0.05, 0) is 41.3 Å².